The van der Waals surface area contributed by atoms with Gasteiger partial charge in [-0.15, -0.1) is 0 Å². The van der Waals surface area contributed by atoms with Crippen molar-refractivity contribution in [3.63, 3.8) is 0 Å². The third-order valence-corrected chi connectivity index (χ3v) is 4.63. The summed E-state index contributed by atoms with van der Waals surface area (Å²) in [6.45, 7) is 3.67. The highest BCUT2D eigenvalue weighted by atomic mass is 32.2. The number of nitrogens with zero attached hydrogens (tertiary/aromatic N) is 2. The molecule has 2 aromatic rings. The summed E-state index contributed by atoms with van der Waals surface area (Å²) in [6, 6.07) is 11.3. The number of methoxy groups -OCH3 is 1. The number of aromatic nitrogens is 1. The Morgan fingerprint density at radius 3 is 2.42 bits per heavy atom. The summed E-state index contributed by atoms with van der Waals surface area (Å²) in [5, 5.41) is -0.219. The maximum Gasteiger partial charge on any atom is 0.293 e. The number of rotatable bonds is 4. The number of benzene rings is 1. The molecular formula is C18H18N2O3S. The number of imide groups is 1. The molecule has 0 N–H and O–H groups in total. The molecule has 0 aliphatic carbocycles. The summed E-state index contributed by atoms with van der Waals surface area (Å²) < 4.78 is 7.13. The van der Waals surface area contributed by atoms with Gasteiger partial charge in [0, 0.05) is 23.6 Å². The van der Waals surface area contributed by atoms with E-state index in [1.165, 1.54) is 4.90 Å². The van der Waals surface area contributed by atoms with E-state index in [0.29, 0.717) is 4.91 Å². The lowest BCUT2D eigenvalue weighted by molar-refractivity contribution is -0.123. The Bertz CT molecular complexity index is 806. The molecule has 1 aliphatic heterocycles. The van der Waals surface area contributed by atoms with Crippen molar-refractivity contribution in [3.05, 3.63) is 53.2 Å². The predicted molar refractivity (Wildman–Crippen MR) is 95.3 cm³/mol. The molecule has 6 heteroatoms. The Kier molecular flexibility index (Phi) is 4.49. The van der Waals surface area contributed by atoms with Gasteiger partial charge in [0.1, 0.15) is 5.75 Å². The van der Waals surface area contributed by atoms with Crippen LogP contribution < -0.4 is 4.74 Å². The van der Waals surface area contributed by atoms with Crippen molar-refractivity contribution >= 4 is 29.0 Å². The van der Waals surface area contributed by atoms with Gasteiger partial charge >= 0.3 is 0 Å². The smallest absolute Gasteiger partial charge is 0.293 e. The molecule has 124 valence electrons. The average molecular weight is 342 g/mol. The Labute approximate surface area is 144 Å². The lowest BCUT2D eigenvalue weighted by Gasteiger charge is -2.16. The van der Waals surface area contributed by atoms with E-state index in [4.69, 9.17) is 4.74 Å². The van der Waals surface area contributed by atoms with Crippen molar-refractivity contribution in [2.24, 2.45) is 0 Å². The Morgan fingerprint density at radius 2 is 1.83 bits per heavy atom. The molecule has 1 saturated heterocycles. The van der Waals surface area contributed by atoms with E-state index < -0.39 is 0 Å². The fraction of sp³-hybridized carbons (Fsp3) is 0.222. The first-order valence-corrected chi connectivity index (χ1v) is 8.41. The molecule has 24 heavy (non-hydrogen) atoms. The first-order chi connectivity index (χ1) is 11.5. The standard InChI is InChI=1S/C18H18N2O3S/c1-12(2)20-17(21)16(24-18(20)22)11-14-5-4-10-19(14)13-6-8-15(23-3)9-7-13/h4-12H,1-3H3/b16-11-. The molecule has 1 aromatic heterocycles. The summed E-state index contributed by atoms with van der Waals surface area (Å²) in [7, 11) is 1.63. The molecule has 2 heterocycles. The van der Waals surface area contributed by atoms with Crippen LogP contribution in [-0.2, 0) is 4.79 Å². The number of hydrogen-bond acceptors (Lipinski definition) is 4. The minimum atomic E-state index is -0.234. The van der Waals surface area contributed by atoms with E-state index in [1.54, 1.807) is 13.2 Å². The maximum absolute atomic E-state index is 12.4. The molecule has 1 aliphatic rings. The van der Waals surface area contributed by atoms with Gasteiger partial charge in [0.2, 0.25) is 0 Å². The molecule has 2 amide bonds. The summed E-state index contributed by atoms with van der Waals surface area (Å²) in [6.07, 6.45) is 3.68. The van der Waals surface area contributed by atoms with Gasteiger partial charge in [-0.25, -0.2) is 0 Å². The first-order valence-electron chi connectivity index (χ1n) is 7.60. The SMILES string of the molecule is COc1ccc(-n2cccc2/C=C2\SC(=O)N(C(C)C)C2=O)cc1. The van der Waals surface area contributed by atoms with Gasteiger partial charge in [-0.1, -0.05) is 0 Å². The summed E-state index contributed by atoms with van der Waals surface area (Å²) in [5.74, 6) is 0.549. The summed E-state index contributed by atoms with van der Waals surface area (Å²) in [4.78, 5) is 26.1. The zero-order valence-corrected chi connectivity index (χ0v) is 14.5. The van der Waals surface area contributed by atoms with Crippen LogP contribution in [0.25, 0.3) is 11.8 Å². The van der Waals surface area contributed by atoms with E-state index in [9.17, 15) is 9.59 Å². The van der Waals surface area contributed by atoms with Crippen LogP contribution in [0.1, 0.15) is 19.5 Å². The number of ether oxygens (including phenoxy) is 1. The van der Waals surface area contributed by atoms with Gasteiger partial charge in [0.25, 0.3) is 11.1 Å². The van der Waals surface area contributed by atoms with Crippen LogP contribution in [0.2, 0.25) is 0 Å². The molecule has 0 saturated carbocycles. The molecule has 1 aromatic carbocycles. The van der Waals surface area contributed by atoms with Gasteiger partial charge in [-0.3, -0.25) is 14.5 Å². The van der Waals surface area contributed by atoms with Crippen LogP contribution >= 0.6 is 11.8 Å². The number of thioether (sulfide) groups is 1. The zero-order valence-electron chi connectivity index (χ0n) is 13.7. The van der Waals surface area contributed by atoms with Gasteiger partial charge in [-0.05, 0) is 68.1 Å². The van der Waals surface area contributed by atoms with E-state index in [-0.39, 0.29) is 17.2 Å². The summed E-state index contributed by atoms with van der Waals surface area (Å²) >= 11 is 0.984. The second-order valence-electron chi connectivity index (χ2n) is 5.65. The van der Waals surface area contributed by atoms with Crippen LogP contribution in [0.3, 0.4) is 0 Å². The first kappa shape index (κ1) is 16.4. The van der Waals surface area contributed by atoms with Crippen molar-refractivity contribution in [2.45, 2.75) is 19.9 Å². The fourth-order valence-corrected chi connectivity index (χ4v) is 3.49. The monoisotopic (exact) mass is 342 g/mol. The largest absolute Gasteiger partial charge is 0.497 e. The number of carbonyl (C=O) groups excluding carboxylic acids is 2. The Hall–Kier alpha value is -2.47. The predicted octanol–water partition coefficient (Wildman–Crippen LogP) is 3.93. The van der Waals surface area contributed by atoms with E-state index in [0.717, 1.165) is 28.9 Å². The maximum atomic E-state index is 12.4. The van der Waals surface area contributed by atoms with Crippen molar-refractivity contribution in [2.75, 3.05) is 7.11 Å². The number of carbonyl (C=O) groups is 2. The highest BCUT2D eigenvalue weighted by Gasteiger charge is 2.36. The van der Waals surface area contributed by atoms with E-state index in [1.807, 2.05) is 61.0 Å². The molecule has 0 unspecified atom stereocenters. The van der Waals surface area contributed by atoms with Gasteiger partial charge in [-0.2, -0.15) is 0 Å². The molecule has 0 radical (unpaired) electrons. The van der Waals surface area contributed by atoms with Crippen LogP contribution in [0.15, 0.2) is 47.5 Å². The number of hydrogen-bond donors (Lipinski definition) is 0. The lowest BCUT2D eigenvalue weighted by atomic mass is 10.2. The molecular weight excluding hydrogens is 324 g/mol. The minimum Gasteiger partial charge on any atom is -0.497 e. The average Bonchev–Trinajstić information content (AvgIpc) is 3.12. The van der Waals surface area contributed by atoms with Gasteiger partial charge < -0.3 is 9.30 Å². The molecule has 0 atom stereocenters. The third-order valence-electron chi connectivity index (χ3n) is 3.75. The molecule has 3 rings (SSSR count). The van der Waals surface area contributed by atoms with Crippen LogP contribution in [0.4, 0.5) is 4.79 Å². The van der Waals surface area contributed by atoms with Crippen LogP contribution in [0, 0.1) is 0 Å². The zero-order chi connectivity index (χ0) is 17.3. The van der Waals surface area contributed by atoms with Crippen molar-refractivity contribution in [1.82, 2.24) is 9.47 Å². The molecule has 0 bridgehead atoms. The molecule has 5 nitrogen and oxygen atoms in total. The normalized spacial score (nSPS) is 16.5. The number of amides is 2. The minimum absolute atomic E-state index is 0.142. The van der Waals surface area contributed by atoms with Crippen LogP contribution in [-0.4, -0.2) is 33.8 Å². The Balaban J connectivity index is 1.93. The fourth-order valence-electron chi connectivity index (χ4n) is 2.55. The quantitative estimate of drug-likeness (QED) is 0.790. The van der Waals surface area contributed by atoms with Gasteiger partial charge in [0.15, 0.2) is 0 Å². The van der Waals surface area contributed by atoms with Crippen molar-refractivity contribution < 1.29 is 14.3 Å². The second-order valence-corrected chi connectivity index (χ2v) is 6.64. The lowest BCUT2D eigenvalue weighted by Crippen LogP contribution is -2.34. The second kappa shape index (κ2) is 6.57. The van der Waals surface area contributed by atoms with Crippen LogP contribution in [0.5, 0.6) is 5.75 Å². The third kappa shape index (κ3) is 2.97. The summed E-state index contributed by atoms with van der Waals surface area (Å²) in [5.41, 5.74) is 1.80. The Morgan fingerprint density at radius 1 is 1.12 bits per heavy atom. The van der Waals surface area contributed by atoms with Crippen molar-refractivity contribution in [3.8, 4) is 11.4 Å². The van der Waals surface area contributed by atoms with Crippen molar-refractivity contribution in [1.29, 1.82) is 0 Å². The molecule has 0 spiro atoms. The van der Waals surface area contributed by atoms with Gasteiger partial charge in [0.05, 0.1) is 12.0 Å². The van der Waals surface area contributed by atoms with E-state index >= 15 is 0 Å². The van der Waals surface area contributed by atoms with E-state index in [2.05, 4.69) is 0 Å². The highest BCUT2D eigenvalue weighted by molar-refractivity contribution is 8.18. The topological polar surface area (TPSA) is 51.5 Å². The highest BCUT2D eigenvalue weighted by Crippen LogP contribution is 2.33. The molecule has 1 fully saturated rings.